The molecule has 0 bridgehead atoms. The zero-order valence-corrected chi connectivity index (χ0v) is 12.0. The molecule has 3 unspecified atom stereocenters. The van der Waals surface area contributed by atoms with E-state index >= 15 is 0 Å². The third-order valence-electron chi connectivity index (χ3n) is 5.22. The normalized spacial score (nSPS) is 37.2. The Labute approximate surface area is 112 Å². The van der Waals surface area contributed by atoms with E-state index in [1.165, 1.54) is 64.6 Å². The molecule has 0 aromatic heterocycles. The van der Waals surface area contributed by atoms with Crippen LogP contribution >= 0.6 is 0 Å². The molecule has 2 N–H and O–H groups in total. The smallest absolute Gasteiger partial charge is 0.00795 e. The lowest BCUT2D eigenvalue weighted by Crippen LogP contribution is -2.44. The minimum Gasteiger partial charge on any atom is -0.327 e. The summed E-state index contributed by atoms with van der Waals surface area (Å²) in [5.74, 6) is 3.73. The molecular weight excluding hydrogens is 220 g/mol. The standard InChI is InChI=1S/C16H30N2/c1-12-2-7-16(17)15(8-12)11-18(9-13-3-4-13)10-14-5-6-14/h12-16H,2-11,17H2,1H3. The van der Waals surface area contributed by atoms with Gasteiger partial charge in [0, 0.05) is 25.7 Å². The van der Waals surface area contributed by atoms with Gasteiger partial charge in [-0.05, 0) is 68.6 Å². The minimum atomic E-state index is 0.474. The molecule has 2 nitrogen and oxygen atoms in total. The molecule has 3 saturated carbocycles. The first kappa shape index (κ1) is 12.9. The van der Waals surface area contributed by atoms with Crippen LogP contribution in [0.3, 0.4) is 0 Å². The van der Waals surface area contributed by atoms with E-state index in [1.807, 2.05) is 0 Å². The van der Waals surface area contributed by atoms with Crippen LogP contribution in [0, 0.1) is 23.7 Å². The summed E-state index contributed by atoms with van der Waals surface area (Å²) in [7, 11) is 0. The summed E-state index contributed by atoms with van der Waals surface area (Å²) in [6.45, 7) is 6.44. The second kappa shape index (κ2) is 5.50. The van der Waals surface area contributed by atoms with Crippen LogP contribution in [0.25, 0.3) is 0 Å². The molecule has 0 saturated heterocycles. The summed E-state index contributed by atoms with van der Waals surface area (Å²) in [5.41, 5.74) is 6.36. The van der Waals surface area contributed by atoms with Crippen molar-refractivity contribution in [1.82, 2.24) is 4.90 Å². The lowest BCUT2D eigenvalue weighted by Gasteiger charge is -2.36. The van der Waals surface area contributed by atoms with Gasteiger partial charge in [0.25, 0.3) is 0 Å². The van der Waals surface area contributed by atoms with E-state index in [9.17, 15) is 0 Å². The number of rotatable bonds is 6. The molecule has 0 aromatic carbocycles. The maximum atomic E-state index is 6.36. The molecule has 2 heteroatoms. The first-order valence-corrected chi connectivity index (χ1v) is 8.18. The van der Waals surface area contributed by atoms with E-state index in [2.05, 4.69) is 11.8 Å². The van der Waals surface area contributed by atoms with Crippen molar-refractivity contribution in [3.05, 3.63) is 0 Å². The van der Waals surface area contributed by atoms with Crippen molar-refractivity contribution in [1.29, 1.82) is 0 Å². The molecular formula is C16H30N2. The Balaban J connectivity index is 1.51. The van der Waals surface area contributed by atoms with Crippen molar-refractivity contribution in [3.8, 4) is 0 Å². The second-order valence-corrected chi connectivity index (χ2v) is 7.45. The number of hydrogen-bond donors (Lipinski definition) is 1. The van der Waals surface area contributed by atoms with E-state index in [-0.39, 0.29) is 0 Å². The lowest BCUT2D eigenvalue weighted by molar-refractivity contribution is 0.153. The van der Waals surface area contributed by atoms with Crippen molar-refractivity contribution < 1.29 is 0 Å². The van der Waals surface area contributed by atoms with Crippen LogP contribution in [0.2, 0.25) is 0 Å². The second-order valence-electron chi connectivity index (χ2n) is 7.45. The average Bonchev–Trinajstić information content (AvgIpc) is 3.19. The highest BCUT2D eigenvalue weighted by Crippen LogP contribution is 2.35. The fourth-order valence-corrected chi connectivity index (χ4v) is 3.62. The Bertz CT molecular complexity index is 256. The monoisotopic (exact) mass is 250 g/mol. The average molecular weight is 250 g/mol. The predicted octanol–water partition coefficient (Wildman–Crippen LogP) is 2.87. The van der Waals surface area contributed by atoms with Gasteiger partial charge in [-0.3, -0.25) is 0 Å². The van der Waals surface area contributed by atoms with Gasteiger partial charge in [0.2, 0.25) is 0 Å². The van der Waals surface area contributed by atoms with Crippen LogP contribution in [-0.2, 0) is 0 Å². The number of hydrogen-bond acceptors (Lipinski definition) is 2. The van der Waals surface area contributed by atoms with Crippen molar-refractivity contribution in [2.45, 2.75) is 57.9 Å². The summed E-state index contributed by atoms with van der Waals surface area (Å²) in [4.78, 5) is 2.78. The van der Waals surface area contributed by atoms with E-state index in [1.54, 1.807) is 0 Å². The maximum Gasteiger partial charge on any atom is 0.00795 e. The highest BCUT2D eigenvalue weighted by molar-refractivity contribution is 4.87. The maximum absolute atomic E-state index is 6.36. The molecule has 3 rings (SSSR count). The van der Waals surface area contributed by atoms with Gasteiger partial charge < -0.3 is 10.6 Å². The molecule has 0 heterocycles. The minimum absolute atomic E-state index is 0.474. The molecule has 3 fully saturated rings. The van der Waals surface area contributed by atoms with E-state index < -0.39 is 0 Å². The van der Waals surface area contributed by atoms with E-state index in [4.69, 9.17) is 5.73 Å². The molecule has 3 aliphatic carbocycles. The van der Waals surface area contributed by atoms with Gasteiger partial charge >= 0.3 is 0 Å². The van der Waals surface area contributed by atoms with Crippen molar-refractivity contribution in [3.63, 3.8) is 0 Å². The van der Waals surface area contributed by atoms with Crippen LogP contribution in [0.5, 0.6) is 0 Å². The van der Waals surface area contributed by atoms with Gasteiger partial charge in [-0.15, -0.1) is 0 Å². The van der Waals surface area contributed by atoms with Crippen LogP contribution in [0.15, 0.2) is 0 Å². The Morgan fingerprint density at radius 3 is 2.06 bits per heavy atom. The largest absolute Gasteiger partial charge is 0.327 e. The number of nitrogens with zero attached hydrogens (tertiary/aromatic N) is 1. The summed E-state index contributed by atoms with van der Waals surface area (Å²) in [6.07, 6.45) is 9.90. The SMILES string of the molecule is CC1CCC(N)C(CN(CC2CC2)CC2CC2)C1. The molecule has 0 aliphatic heterocycles. The third kappa shape index (κ3) is 3.71. The number of nitrogens with two attached hydrogens (primary N) is 1. The molecule has 0 spiro atoms. The van der Waals surface area contributed by atoms with Crippen molar-refractivity contribution in [2.75, 3.05) is 19.6 Å². The fraction of sp³-hybridized carbons (Fsp3) is 1.00. The molecule has 104 valence electrons. The molecule has 0 aromatic rings. The molecule has 3 aliphatic rings. The summed E-state index contributed by atoms with van der Waals surface area (Å²) < 4.78 is 0. The summed E-state index contributed by atoms with van der Waals surface area (Å²) in [6, 6.07) is 0.474. The predicted molar refractivity (Wildman–Crippen MR) is 76.4 cm³/mol. The van der Waals surface area contributed by atoms with Crippen molar-refractivity contribution in [2.24, 2.45) is 29.4 Å². The van der Waals surface area contributed by atoms with Crippen LogP contribution < -0.4 is 5.73 Å². The van der Waals surface area contributed by atoms with Crippen molar-refractivity contribution >= 4 is 0 Å². The van der Waals surface area contributed by atoms with Gasteiger partial charge in [-0.1, -0.05) is 6.92 Å². The first-order valence-electron chi connectivity index (χ1n) is 8.18. The zero-order valence-electron chi connectivity index (χ0n) is 12.0. The Hall–Kier alpha value is -0.0800. The third-order valence-corrected chi connectivity index (χ3v) is 5.22. The van der Waals surface area contributed by atoms with E-state index in [0.717, 1.165) is 23.7 Å². The fourth-order valence-electron chi connectivity index (χ4n) is 3.62. The Morgan fingerprint density at radius 1 is 0.889 bits per heavy atom. The van der Waals surface area contributed by atoms with E-state index in [0.29, 0.717) is 6.04 Å². The zero-order chi connectivity index (χ0) is 12.5. The van der Waals surface area contributed by atoms with Gasteiger partial charge in [0.05, 0.1) is 0 Å². The topological polar surface area (TPSA) is 29.3 Å². The van der Waals surface area contributed by atoms with Crippen LogP contribution in [0.4, 0.5) is 0 Å². The van der Waals surface area contributed by atoms with Gasteiger partial charge in [-0.2, -0.15) is 0 Å². The van der Waals surface area contributed by atoms with Gasteiger partial charge in [-0.25, -0.2) is 0 Å². The van der Waals surface area contributed by atoms with Crippen LogP contribution in [-0.4, -0.2) is 30.6 Å². The lowest BCUT2D eigenvalue weighted by atomic mass is 9.79. The molecule has 18 heavy (non-hydrogen) atoms. The molecule has 0 radical (unpaired) electrons. The summed E-state index contributed by atoms with van der Waals surface area (Å²) >= 11 is 0. The summed E-state index contributed by atoms with van der Waals surface area (Å²) in [5, 5.41) is 0. The Kier molecular flexibility index (Phi) is 3.95. The quantitative estimate of drug-likeness (QED) is 0.785. The van der Waals surface area contributed by atoms with Gasteiger partial charge in [0.15, 0.2) is 0 Å². The van der Waals surface area contributed by atoms with Crippen LogP contribution in [0.1, 0.15) is 51.9 Å². The van der Waals surface area contributed by atoms with Gasteiger partial charge in [0.1, 0.15) is 0 Å². The Morgan fingerprint density at radius 2 is 1.50 bits per heavy atom. The highest BCUT2D eigenvalue weighted by Gasteiger charge is 2.33. The molecule has 3 atom stereocenters. The highest BCUT2D eigenvalue weighted by atomic mass is 15.1. The molecule has 0 amide bonds. The first-order chi connectivity index (χ1) is 8.70.